The SMILES string of the molecule is O=C(Nc1cccc(OCC2CCCO2)c1)C1CC=CCC1. The van der Waals surface area contributed by atoms with Crippen LogP contribution >= 0.6 is 0 Å². The maximum atomic E-state index is 12.2. The van der Waals surface area contributed by atoms with Crippen molar-refractivity contribution in [3.63, 3.8) is 0 Å². The van der Waals surface area contributed by atoms with Crippen LogP contribution in [0.25, 0.3) is 0 Å². The highest BCUT2D eigenvalue weighted by molar-refractivity contribution is 5.92. The van der Waals surface area contributed by atoms with Gasteiger partial charge in [0.25, 0.3) is 0 Å². The Labute approximate surface area is 131 Å². The molecule has 1 N–H and O–H groups in total. The Balaban J connectivity index is 1.53. The van der Waals surface area contributed by atoms with Gasteiger partial charge in [0, 0.05) is 24.3 Å². The Hall–Kier alpha value is -1.81. The largest absolute Gasteiger partial charge is 0.491 e. The van der Waals surface area contributed by atoms with Gasteiger partial charge in [0.15, 0.2) is 0 Å². The molecule has 0 spiro atoms. The summed E-state index contributed by atoms with van der Waals surface area (Å²) in [5.74, 6) is 0.957. The highest BCUT2D eigenvalue weighted by Crippen LogP contribution is 2.23. The standard InChI is InChI=1S/C18H23NO3/c20-18(14-6-2-1-3-7-14)19-15-8-4-9-16(12-15)22-13-17-10-5-11-21-17/h1-2,4,8-9,12,14,17H,3,5-7,10-11,13H2,(H,19,20). The number of allylic oxidation sites excluding steroid dienone is 2. The molecule has 2 atom stereocenters. The first kappa shape index (κ1) is 15.1. The summed E-state index contributed by atoms with van der Waals surface area (Å²) in [6.45, 7) is 1.41. The molecule has 1 saturated heterocycles. The van der Waals surface area contributed by atoms with Crippen molar-refractivity contribution in [1.82, 2.24) is 0 Å². The van der Waals surface area contributed by atoms with Crippen LogP contribution in [0.5, 0.6) is 5.75 Å². The number of amides is 1. The summed E-state index contributed by atoms with van der Waals surface area (Å²) in [6.07, 6.45) is 9.36. The number of ether oxygens (including phenoxy) is 2. The molecule has 3 rings (SSSR count). The highest BCUT2D eigenvalue weighted by atomic mass is 16.5. The second kappa shape index (κ2) is 7.45. The van der Waals surface area contributed by atoms with Crippen molar-refractivity contribution >= 4 is 11.6 Å². The van der Waals surface area contributed by atoms with Gasteiger partial charge in [0.2, 0.25) is 5.91 Å². The number of benzene rings is 1. The predicted octanol–water partition coefficient (Wildman–Crippen LogP) is 3.54. The highest BCUT2D eigenvalue weighted by Gasteiger charge is 2.19. The van der Waals surface area contributed by atoms with Gasteiger partial charge in [-0.1, -0.05) is 18.2 Å². The lowest BCUT2D eigenvalue weighted by Gasteiger charge is -2.17. The van der Waals surface area contributed by atoms with Crippen LogP contribution < -0.4 is 10.1 Å². The van der Waals surface area contributed by atoms with E-state index in [-0.39, 0.29) is 17.9 Å². The molecule has 1 heterocycles. The number of hydrogen-bond donors (Lipinski definition) is 1. The van der Waals surface area contributed by atoms with Gasteiger partial charge >= 0.3 is 0 Å². The van der Waals surface area contributed by atoms with E-state index >= 15 is 0 Å². The average molecular weight is 301 g/mol. The average Bonchev–Trinajstić information content (AvgIpc) is 3.08. The first-order valence-corrected chi connectivity index (χ1v) is 8.11. The molecular weight excluding hydrogens is 278 g/mol. The van der Waals surface area contributed by atoms with Crippen LogP contribution in [0.2, 0.25) is 0 Å². The molecule has 4 heteroatoms. The predicted molar refractivity (Wildman–Crippen MR) is 86.0 cm³/mol. The molecule has 0 saturated carbocycles. The Morgan fingerprint density at radius 1 is 1.32 bits per heavy atom. The Morgan fingerprint density at radius 3 is 3.05 bits per heavy atom. The first-order chi connectivity index (χ1) is 10.8. The minimum Gasteiger partial charge on any atom is -0.491 e. The van der Waals surface area contributed by atoms with E-state index in [0.717, 1.165) is 50.1 Å². The zero-order valence-electron chi connectivity index (χ0n) is 12.8. The zero-order valence-corrected chi connectivity index (χ0v) is 12.8. The summed E-state index contributed by atoms with van der Waals surface area (Å²) in [5, 5.41) is 3.00. The molecule has 2 aliphatic rings. The number of rotatable bonds is 5. The molecule has 1 aromatic rings. The summed E-state index contributed by atoms with van der Waals surface area (Å²) in [4.78, 5) is 12.2. The van der Waals surface area contributed by atoms with Gasteiger partial charge in [-0.05, 0) is 44.2 Å². The second-order valence-corrected chi connectivity index (χ2v) is 5.94. The van der Waals surface area contributed by atoms with Gasteiger partial charge in [0.1, 0.15) is 12.4 Å². The number of anilines is 1. The van der Waals surface area contributed by atoms with E-state index in [0.29, 0.717) is 6.61 Å². The molecule has 1 fully saturated rings. The molecule has 0 aromatic heterocycles. The summed E-state index contributed by atoms with van der Waals surface area (Å²) in [7, 11) is 0. The van der Waals surface area contributed by atoms with E-state index in [1.165, 1.54) is 0 Å². The molecule has 1 aliphatic carbocycles. The van der Waals surface area contributed by atoms with Crippen LogP contribution in [0.15, 0.2) is 36.4 Å². The monoisotopic (exact) mass is 301 g/mol. The molecule has 2 unspecified atom stereocenters. The summed E-state index contributed by atoms with van der Waals surface area (Å²) in [5.41, 5.74) is 0.796. The second-order valence-electron chi connectivity index (χ2n) is 5.94. The van der Waals surface area contributed by atoms with Crippen LogP contribution in [-0.4, -0.2) is 25.2 Å². The van der Waals surface area contributed by atoms with Crippen molar-refractivity contribution < 1.29 is 14.3 Å². The van der Waals surface area contributed by atoms with Gasteiger partial charge in [0.05, 0.1) is 6.10 Å². The van der Waals surface area contributed by atoms with Gasteiger partial charge < -0.3 is 14.8 Å². The maximum absolute atomic E-state index is 12.2. The Morgan fingerprint density at radius 2 is 2.27 bits per heavy atom. The summed E-state index contributed by atoms with van der Waals surface area (Å²) < 4.78 is 11.3. The lowest BCUT2D eigenvalue weighted by molar-refractivity contribution is -0.120. The minimum atomic E-state index is 0.0847. The third-order valence-electron chi connectivity index (χ3n) is 4.20. The number of nitrogens with one attached hydrogen (secondary N) is 1. The van der Waals surface area contributed by atoms with E-state index in [2.05, 4.69) is 17.5 Å². The van der Waals surface area contributed by atoms with Crippen LogP contribution in [-0.2, 0) is 9.53 Å². The fourth-order valence-electron chi connectivity index (χ4n) is 2.90. The van der Waals surface area contributed by atoms with Gasteiger partial charge in [-0.2, -0.15) is 0 Å². The van der Waals surface area contributed by atoms with Crippen molar-refractivity contribution in [1.29, 1.82) is 0 Å². The number of hydrogen-bond acceptors (Lipinski definition) is 3. The smallest absolute Gasteiger partial charge is 0.227 e. The van der Waals surface area contributed by atoms with Crippen molar-refractivity contribution in [2.75, 3.05) is 18.5 Å². The maximum Gasteiger partial charge on any atom is 0.227 e. The van der Waals surface area contributed by atoms with Crippen molar-refractivity contribution in [2.24, 2.45) is 5.92 Å². The van der Waals surface area contributed by atoms with E-state index in [9.17, 15) is 4.79 Å². The van der Waals surface area contributed by atoms with Crippen molar-refractivity contribution in [2.45, 2.75) is 38.2 Å². The number of carbonyl (C=O) groups is 1. The van der Waals surface area contributed by atoms with Crippen molar-refractivity contribution in [3.8, 4) is 5.75 Å². The number of carbonyl (C=O) groups excluding carboxylic acids is 1. The van der Waals surface area contributed by atoms with Crippen LogP contribution in [0.3, 0.4) is 0 Å². The van der Waals surface area contributed by atoms with E-state index in [1.807, 2.05) is 24.3 Å². The van der Waals surface area contributed by atoms with E-state index in [4.69, 9.17) is 9.47 Å². The summed E-state index contributed by atoms with van der Waals surface area (Å²) in [6, 6.07) is 7.59. The molecule has 118 valence electrons. The Kier molecular flexibility index (Phi) is 5.11. The van der Waals surface area contributed by atoms with Gasteiger partial charge in [-0.3, -0.25) is 4.79 Å². The van der Waals surface area contributed by atoms with Crippen LogP contribution in [0, 0.1) is 5.92 Å². The molecule has 1 amide bonds. The molecular formula is C18H23NO3. The quantitative estimate of drug-likeness (QED) is 0.846. The first-order valence-electron chi connectivity index (χ1n) is 8.11. The van der Waals surface area contributed by atoms with Gasteiger partial charge in [-0.15, -0.1) is 0 Å². The van der Waals surface area contributed by atoms with Crippen LogP contribution in [0.1, 0.15) is 32.1 Å². The van der Waals surface area contributed by atoms with E-state index in [1.54, 1.807) is 0 Å². The topological polar surface area (TPSA) is 47.6 Å². The van der Waals surface area contributed by atoms with Crippen molar-refractivity contribution in [3.05, 3.63) is 36.4 Å². The fourth-order valence-corrected chi connectivity index (χ4v) is 2.90. The normalized spacial score (nSPS) is 24.2. The van der Waals surface area contributed by atoms with Crippen LogP contribution in [0.4, 0.5) is 5.69 Å². The molecule has 4 nitrogen and oxygen atoms in total. The molecule has 0 radical (unpaired) electrons. The van der Waals surface area contributed by atoms with E-state index < -0.39 is 0 Å². The fraction of sp³-hybridized carbons (Fsp3) is 0.500. The lowest BCUT2D eigenvalue weighted by Crippen LogP contribution is -2.23. The zero-order chi connectivity index (χ0) is 15.2. The molecule has 1 aliphatic heterocycles. The van der Waals surface area contributed by atoms with Gasteiger partial charge in [-0.25, -0.2) is 0 Å². The Bertz CT molecular complexity index is 535. The third kappa shape index (κ3) is 4.10. The molecule has 22 heavy (non-hydrogen) atoms. The lowest BCUT2D eigenvalue weighted by atomic mass is 9.93. The minimum absolute atomic E-state index is 0.0847. The summed E-state index contributed by atoms with van der Waals surface area (Å²) >= 11 is 0. The third-order valence-corrected chi connectivity index (χ3v) is 4.20. The molecule has 0 bridgehead atoms. The molecule has 1 aromatic carbocycles.